The second kappa shape index (κ2) is 11.5. The summed E-state index contributed by atoms with van der Waals surface area (Å²) in [5.74, 6) is -1.18. The standard InChI is InChI=1S/C22H21Cl2FNO4PS/c1-2-32-20-8-7-17(23)13-16(20)14-19(31(28)29-11-4-12-30-31)22(27)26-10-9-15-5-3-6-18(24)21(15)25/h2-3,5-10,13,19H,1,4,11-12,14H2,(H,26,27)/b10-9+. The van der Waals surface area contributed by atoms with Gasteiger partial charge in [0, 0.05) is 21.7 Å². The van der Waals surface area contributed by atoms with Gasteiger partial charge in [0.2, 0.25) is 5.91 Å². The van der Waals surface area contributed by atoms with Gasteiger partial charge in [0.25, 0.3) is 0 Å². The third-order valence-corrected chi connectivity index (χ3v) is 8.24. The molecule has 1 amide bonds. The van der Waals surface area contributed by atoms with Crippen molar-refractivity contribution in [1.29, 1.82) is 0 Å². The maximum Gasteiger partial charge on any atom is 0.343 e. The van der Waals surface area contributed by atoms with Gasteiger partial charge >= 0.3 is 7.60 Å². The molecule has 170 valence electrons. The Labute approximate surface area is 200 Å². The largest absolute Gasteiger partial charge is 0.343 e. The van der Waals surface area contributed by atoms with Crippen LogP contribution >= 0.6 is 42.6 Å². The number of hydrogen-bond donors (Lipinski definition) is 1. The molecule has 1 heterocycles. The summed E-state index contributed by atoms with van der Waals surface area (Å²) >= 11 is 13.3. The first-order chi connectivity index (χ1) is 15.3. The quantitative estimate of drug-likeness (QED) is 0.313. The van der Waals surface area contributed by atoms with Crippen molar-refractivity contribution in [3.8, 4) is 0 Å². The number of halogens is 3. The summed E-state index contributed by atoms with van der Waals surface area (Å²) in [5.41, 5.74) is -0.217. The van der Waals surface area contributed by atoms with Crippen LogP contribution in [-0.4, -0.2) is 24.8 Å². The van der Waals surface area contributed by atoms with Gasteiger partial charge in [0.05, 0.1) is 18.2 Å². The lowest BCUT2D eigenvalue weighted by Gasteiger charge is -2.29. The highest BCUT2D eigenvalue weighted by Gasteiger charge is 2.43. The van der Waals surface area contributed by atoms with Crippen LogP contribution in [0.4, 0.5) is 4.39 Å². The van der Waals surface area contributed by atoms with E-state index < -0.39 is 25.0 Å². The molecular formula is C22H21Cl2FNO4PS. The summed E-state index contributed by atoms with van der Waals surface area (Å²) in [7, 11) is -3.75. The van der Waals surface area contributed by atoms with E-state index in [9.17, 15) is 13.8 Å². The second-order valence-electron chi connectivity index (χ2n) is 6.80. The van der Waals surface area contributed by atoms with E-state index in [1.165, 1.54) is 36.2 Å². The normalized spacial score (nSPS) is 16.6. The molecule has 5 nitrogen and oxygen atoms in total. The number of benzene rings is 2. The molecule has 1 fully saturated rings. The Morgan fingerprint density at radius 3 is 2.75 bits per heavy atom. The fraction of sp³-hybridized carbons (Fsp3) is 0.227. The Bertz CT molecular complexity index is 1070. The first-order valence-electron chi connectivity index (χ1n) is 9.70. The van der Waals surface area contributed by atoms with Crippen LogP contribution in [0.2, 0.25) is 10.0 Å². The summed E-state index contributed by atoms with van der Waals surface area (Å²) in [4.78, 5) is 13.9. The van der Waals surface area contributed by atoms with E-state index in [1.807, 2.05) is 0 Å². The molecule has 1 aliphatic rings. The van der Waals surface area contributed by atoms with Crippen LogP contribution in [0.15, 0.2) is 59.5 Å². The minimum Gasteiger partial charge on any atom is -0.332 e. The van der Waals surface area contributed by atoms with Crippen LogP contribution in [0.3, 0.4) is 0 Å². The highest BCUT2D eigenvalue weighted by atomic mass is 35.5. The number of carbonyl (C=O) groups excluding carboxylic acids is 1. The molecule has 1 aliphatic heterocycles. The molecule has 1 N–H and O–H groups in total. The second-order valence-corrected chi connectivity index (χ2v) is 10.9. The fourth-order valence-electron chi connectivity index (χ4n) is 3.09. The minimum absolute atomic E-state index is 0.0296. The van der Waals surface area contributed by atoms with Crippen molar-refractivity contribution < 1.29 is 22.8 Å². The number of nitrogens with one attached hydrogen (secondary N) is 1. The molecular weight excluding hydrogens is 495 g/mol. The highest BCUT2D eigenvalue weighted by Crippen LogP contribution is 2.56. The lowest BCUT2D eigenvalue weighted by Crippen LogP contribution is -2.35. The van der Waals surface area contributed by atoms with E-state index >= 15 is 0 Å². The topological polar surface area (TPSA) is 64.6 Å². The number of amides is 1. The Hall–Kier alpha value is -1.60. The van der Waals surface area contributed by atoms with Gasteiger partial charge in [0.1, 0.15) is 11.5 Å². The van der Waals surface area contributed by atoms with Crippen LogP contribution < -0.4 is 5.32 Å². The SMILES string of the molecule is C=CSc1ccc(Cl)cc1CC(C(=O)N/C=C/c1cccc(Cl)c1F)P1(=O)OCCCO1. The Balaban J connectivity index is 1.86. The highest BCUT2D eigenvalue weighted by molar-refractivity contribution is 8.02. The molecule has 10 heteroatoms. The van der Waals surface area contributed by atoms with Gasteiger partial charge in [-0.15, -0.1) is 0 Å². The molecule has 1 saturated heterocycles. The fourth-order valence-corrected chi connectivity index (χ4v) is 6.07. The van der Waals surface area contributed by atoms with Crippen molar-refractivity contribution in [2.24, 2.45) is 0 Å². The van der Waals surface area contributed by atoms with Gasteiger partial charge in [-0.3, -0.25) is 9.36 Å². The molecule has 0 aromatic heterocycles. The summed E-state index contributed by atoms with van der Waals surface area (Å²) in [5, 5.41) is 4.67. The zero-order valence-corrected chi connectivity index (χ0v) is 20.2. The maximum absolute atomic E-state index is 14.1. The van der Waals surface area contributed by atoms with Gasteiger partial charge in [-0.05, 0) is 54.2 Å². The van der Waals surface area contributed by atoms with Crippen molar-refractivity contribution in [2.75, 3.05) is 13.2 Å². The average molecular weight is 516 g/mol. The molecule has 1 atom stereocenters. The number of rotatable bonds is 8. The van der Waals surface area contributed by atoms with Crippen molar-refractivity contribution in [1.82, 2.24) is 5.32 Å². The monoisotopic (exact) mass is 515 g/mol. The molecule has 0 aliphatic carbocycles. The van der Waals surface area contributed by atoms with E-state index in [-0.39, 0.29) is 30.2 Å². The molecule has 3 rings (SSSR count). The van der Waals surface area contributed by atoms with E-state index in [2.05, 4.69) is 11.9 Å². The van der Waals surface area contributed by atoms with Crippen LogP contribution in [0, 0.1) is 5.82 Å². The Morgan fingerprint density at radius 2 is 2.03 bits per heavy atom. The third kappa shape index (κ3) is 6.25. The van der Waals surface area contributed by atoms with Crippen molar-refractivity contribution in [3.05, 3.63) is 81.6 Å². The molecule has 1 unspecified atom stereocenters. The summed E-state index contributed by atoms with van der Waals surface area (Å²) in [6.45, 7) is 4.18. The molecule has 32 heavy (non-hydrogen) atoms. The molecule has 2 aromatic rings. The zero-order chi connectivity index (χ0) is 23.1. The van der Waals surface area contributed by atoms with Crippen LogP contribution in [0.5, 0.6) is 0 Å². The van der Waals surface area contributed by atoms with Gasteiger partial charge in [0.15, 0.2) is 0 Å². The molecule has 0 bridgehead atoms. The van der Waals surface area contributed by atoms with Crippen LogP contribution in [0.1, 0.15) is 17.5 Å². The average Bonchev–Trinajstić information content (AvgIpc) is 2.77. The molecule has 0 radical (unpaired) electrons. The van der Waals surface area contributed by atoms with Crippen molar-refractivity contribution >= 4 is 54.5 Å². The Kier molecular flexibility index (Phi) is 9.00. The summed E-state index contributed by atoms with van der Waals surface area (Å²) in [6, 6.07) is 9.78. The van der Waals surface area contributed by atoms with Crippen LogP contribution in [0.25, 0.3) is 6.08 Å². The van der Waals surface area contributed by atoms with Gasteiger partial charge < -0.3 is 14.4 Å². The maximum atomic E-state index is 14.1. The smallest absolute Gasteiger partial charge is 0.332 e. The first kappa shape index (κ1) is 25.0. The van der Waals surface area contributed by atoms with Gasteiger partial charge in [-0.25, -0.2) is 4.39 Å². The first-order valence-corrected chi connectivity index (χ1v) is 12.9. The summed E-state index contributed by atoms with van der Waals surface area (Å²) in [6.07, 6.45) is 3.30. The number of carbonyl (C=O) groups is 1. The number of hydrogen-bond acceptors (Lipinski definition) is 5. The molecule has 2 aromatic carbocycles. The predicted octanol–water partition coefficient (Wildman–Crippen LogP) is 6.70. The lowest BCUT2D eigenvalue weighted by molar-refractivity contribution is -0.120. The third-order valence-electron chi connectivity index (χ3n) is 4.63. The van der Waals surface area contributed by atoms with Crippen molar-refractivity contribution in [2.45, 2.75) is 23.4 Å². The minimum atomic E-state index is -3.75. The van der Waals surface area contributed by atoms with E-state index in [0.717, 1.165) is 4.90 Å². The predicted molar refractivity (Wildman–Crippen MR) is 128 cm³/mol. The van der Waals surface area contributed by atoms with Gasteiger partial charge in [-0.1, -0.05) is 53.7 Å². The zero-order valence-electron chi connectivity index (χ0n) is 16.9. The summed E-state index contributed by atoms with van der Waals surface area (Å²) < 4.78 is 38.4. The van der Waals surface area contributed by atoms with Crippen molar-refractivity contribution in [3.63, 3.8) is 0 Å². The Morgan fingerprint density at radius 1 is 1.28 bits per heavy atom. The van der Waals surface area contributed by atoms with E-state index in [1.54, 1.807) is 29.7 Å². The molecule has 0 spiro atoms. The van der Waals surface area contributed by atoms with Crippen LogP contribution in [-0.2, 0) is 24.8 Å². The molecule has 0 saturated carbocycles. The van der Waals surface area contributed by atoms with E-state index in [0.29, 0.717) is 17.0 Å². The van der Waals surface area contributed by atoms with E-state index in [4.69, 9.17) is 32.2 Å². The number of thioether (sulfide) groups is 1. The van der Waals surface area contributed by atoms with Gasteiger partial charge in [-0.2, -0.15) is 0 Å². The lowest BCUT2D eigenvalue weighted by atomic mass is 10.1.